The molecule has 0 radical (unpaired) electrons. The van der Waals surface area contributed by atoms with E-state index in [4.69, 9.17) is 5.84 Å². The van der Waals surface area contributed by atoms with Gasteiger partial charge >= 0.3 is 0 Å². The highest BCUT2D eigenvalue weighted by atomic mass is 16.1. The molecule has 0 bridgehead atoms. The van der Waals surface area contributed by atoms with Gasteiger partial charge in [0.1, 0.15) is 6.33 Å². The number of aromatic nitrogens is 3. The zero-order chi connectivity index (χ0) is 11.1. The van der Waals surface area contributed by atoms with E-state index < -0.39 is 0 Å². The monoisotopic (exact) mass is 212 g/mol. The number of fused-ring (bicyclic) bond motifs is 2. The quantitative estimate of drug-likeness (QED) is 0.439. The summed E-state index contributed by atoms with van der Waals surface area (Å²) >= 11 is 0. The van der Waals surface area contributed by atoms with Crippen LogP contribution in [0.25, 0.3) is 21.9 Å². The molecule has 0 aliphatic heterocycles. The number of pyridine rings is 1. The fourth-order valence-corrected chi connectivity index (χ4v) is 1.67. The molecule has 0 saturated heterocycles. The van der Waals surface area contributed by atoms with Crippen molar-refractivity contribution in [2.45, 2.75) is 0 Å². The molecule has 0 atom stereocenters. The number of nitrogens with two attached hydrogens (primary N) is 1. The van der Waals surface area contributed by atoms with Crippen molar-refractivity contribution in [2.75, 3.05) is 5.84 Å². The molecule has 78 valence electrons. The van der Waals surface area contributed by atoms with Gasteiger partial charge in [0.2, 0.25) is 0 Å². The Balaban J connectivity index is 2.57. The van der Waals surface area contributed by atoms with Gasteiger partial charge in [0.25, 0.3) is 5.56 Å². The summed E-state index contributed by atoms with van der Waals surface area (Å²) in [6.07, 6.45) is 1.27. The van der Waals surface area contributed by atoms with Crippen molar-refractivity contribution in [2.24, 2.45) is 0 Å². The molecule has 1 aromatic carbocycles. The molecule has 2 aromatic heterocycles. The van der Waals surface area contributed by atoms with Crippen LogP contribution in [0, 0.1) is 0 Å². The van der Waals surface area contributed by atoms with Crippen LogP contribution in [-0.2, 0) is 0 Å². The molecule has 2 N–H and O–H groups in total. The van der Waals surface area contributed by atoms with Gasteiger partial charge in [0.15, 0.2) is 5.65 Å². The van der Waals surface area contributed by atoms with E-state index in [-0.39, 0.29) is 5.56 Å². The van der Waals surface area contributed by atoms with Crippen molar-refractivity contribution < 1.29 is 0 Å². The second kappa shape index (κ2) is 3.03. The summed E-state index contributed by atoms with van der Waals surface area (Å²) in [5, 5.41) is 1.34. The predicted molar refractivity (Wildman–Crippen MR) is 61.5 cm³/mol. The summed E-state index contributed by atoms with van der Waals surface area (Å²) in [4.78, 5) is 20.0. The van der Waals surface area contributed by atoms with Crippen LogP contribution in [0.3, 0.4) is 0 Å². The number of hydrogen-bond acceptors (Lipinski definition) is 4. The van der Waals surface area contributed by atoms with Crippen LogP contribution in [-0.4, -0.2) is 14.6 Å². The van der Waals surface area contributed by atoms with E-state index in [1.54, 1.807) is 6.07 Å². The number of rotatable bonds is 0. The molecular formula is C11H8N4O. The number of para-hydroxylation sites is 1. The zero-order valence-electron chi connectivity index (χ0n) is 8.29. The predicted octanol–water partition coefficient (Wildman–Crippen LogP) is 0.658. The van der Waals surface area contributed by atoms with Gasteiger partial charge in [0.05, 0.1) is 10.9 Å². The Bertz CT molecular complexity index is 748. The smallest absolute Gasteiger partial charge is 0.281 e. The molecular weight excluding hydrogens is 204 g/mol. The lowest BCUT2D eigenvalue weighted by molar-refractivity contribution is 0.910. The molecule has 5 nitrogen and oxygen atoms in total. The molecule has 0 saturated carbocycles. The van der Waals surface area contributed by atoms with E-state index in [9.17, 15) is 4.79 Å². The van der Waals surface area contributed by atoms with Gasteiger partial charge in [-0.25, -0.2) is 14.6 Å². The Labute approximate surface area is 90.1 Å². The minimum atomic E-state index is -0.289. The van der Waals surface area contributed by atoms with Gasteiger partial charge in [-0.05, 0) is 12.1 Å². The van der Waals surface area contributed by atoms with Gasteiger partial charge in [-0.3, -0.25) is 4.79 Å². The summed E-state index contributed by atoms with van der Waals surface area (Å²) in [7, 11) is 0. The fraction of sp³-hybridized carbons (Fsp3) is 0. The fourth-order valence-electron chi connectivity index (χ4n) is 1.67. The Morgan fingerprint density at radius 3 is 2.94 bits per heavy atom. The van der Waals surface area contributed by atoms with Crippen molar-refractivity contribution in [3.8, 4) is 0 Å². The summed E-state index contributed by atoms with van der Waals surface area (Å²) in [5.41, 5.74) is 0.949. The molecule has 3 aromatic rings. The molecule has 16 heavy (non-hydrogen) atoms. The van der Waals surface area contributed by atoms with Crippen LogP contribution in [0.1, 0.15) is 0 Å². The first-order chi connectivity index (χ1) is 7.75. The van der Waals surface area contributed by atoms with Gasteiger partial charge in [-0.15, -0.1) is 0 Å². The maximum absolute atomic E-state index is 11.7. The molecule has 2 heterocycles. The Hall–Kier alpha value is -2.43. The molecule has 0 unspecified atom stereocenters. The third-order valence-electron chi connectivity index (χ3n) is 2.47. The third-order valence-corrected chi connectivity index (χ3v) is 2.47. The van der Waals surface area contributed by atoms with E-state index in [1.165, 1.54) is 6.33 Å². The standard InChI is InChI=1S/C11H8N4O/c12-15-6-13-10-8(11(15)16)5-7-3-1-2-4-9(7)14-10/h1-6H,12H2. The van der Waals surface area contributed by atoms with Crippen LogP contribution in [0.5, 0.6) is 0 Å². The second-order valence-electron chi connectivity index (χ2n) is 3.51. The lowest BCUT2D eigenvalue weighted by Gasteiger charge is -2.01. The van der Waals surface area contributed by atoms with Crippen molar-refractivity contribution in [1.29, 1.82) is 0 Å². The highest BCUT2D eigenvalue weighted by molar-refractivity contribution is 5.90. The van der Waals surface area contributed by atoms with Crippen molar-refractivity contribution in [1.82, 2.24) is 14.6 Å². The molecule has 0 aliphatic carbocycles. The van der Waals surface area contributed by atoms with Crippen LogP contribution < -0.4 is 11.4 Å². The van der Waals surface area contributed by atoms with Gasteiger partial charge < -0.3 is 5.84 Å². The number of hydrogen-bond donors (Lipinski definition) is 1. The maximum Gasteiger partial charge on any atom is 0.281 e. The average molecular weight is 212 g/mol. The summed E-state index contributed by atoms with van der Waals surface area (Å²) < 4.78 is 0.957. The van der Waals surface area contributed by atoms with Crippen LogP contribution in [0.15, 0.2) is 41.5 Å². The summed E-state index contributed by atoms with van der Waals surface area (Å²) in [6, 6.07) is 9.33. The van der Waals surface area contributed by atoms with E-state index in [0.29, 0.717) is 11.0 Å². The van der Waals surface area contributed by atoms with E-state index in [2.05, 4.69) is 9.97 Å². The van der Waals surface area contributed by atoms with Gasteiger partial charge in [-0.1, -0.05) is 18.2 Å². The second-order valence-corrected chi connectivity index (χ2v) is 3.51. The van der Waals surface area contributed by atoms with E-state index >= 15 is 0 Å². The maximum atomic E-state index is 11.7. The minimum Gasteiger partial charge on any atom is -0.335 e. The SMILES string of the molecule is Nn1cnc2nc3ccccc3cc2c1=O. The molecule has 3 rings (SSSR count). The average Bonchev–Trinajstić information content (AvgIpc) is 2.32. The lowest BCUT2D eigenvalue weighted by Crippen LogP contribution is -2.27. The lowest BCUT2D eigenvalue weighted by atomic mass is 10.2. The summed E-state index contributed by atoms with van der Waals surface area (Å²) in [6.45, 7) is 0. The third kappa shape index (κ3) is 1.15. The van der Waals surface area contributed by atoms with Gasteiger partial charge in [0, 0.05) is 5.39 Å². The first-order valence-corrected chi connectivity index (χ1v) is 4.78. The topological polar surface area (TPSA) is 73.8 Å². The number of nitrogen functional groups attached to an aromatic ring is 1. The summed E-state index contributed by atoms with van der Waals surface area (Å²) in [5.74, 6) is 5.44. The van der Waals surface area contributed by atoms with Crippen LogP contribution in [0.4, 0.5) is 0 Å². The van der Waals surface area contributed by atoms with E-state index in [0.717, 1.165) is 15.6 Å². The molecule has 5 heteroatoms. The van der Waals surface area contributed by atoms with Crippen molar-refractivity contribution >= 4 is 21.9 Å². The Morgan fingerprint density at radius 2 is 2.06 bits per heavy atom. The van der Waals surface area contributed by atoms with E-state index in [1.807, 2.05) is 24.3 Å². The molecule has 0 aliphatic rings. The largest absolute Gasteiger partial charge is 0.335 e. The van der Waals surface area contributed by atoms with Crippen LogP contribution in [0.2, 0.25) is 0 Å². The molecule has 0 fully saturated rings. The van der Waals surface area contributed by atoms with Crippen molar-refractivity contribution in [3.63, 3.8) is 0 Å². The van der Waals surface area contributed by atoms with Crippen molar-refractivity contribution in [3.05, 3.63) is 47.0 Å². The highest BCUT2D eigenvalue weighted by Gasteiger charge is 2.05. The first-order valence-electron chi connectivity index (χ1n) is 4.78. The highest BCUT2D eigenvalue weighted by Crippen LogP contribution is 2.14. The first kappa shape index (κ1) is 8.84. The zero-order valence-corrected chi connectivity index (χ0v) is 8.29. The number of benzene rings is 1. The molecule has 0 spiro atoms. The number of nitrogens with zero attached hydrogens (tertiary/aromatic N) is 3. The minimum absolute atomic E-state index is 0.289. The Morgan fingerprint density at radius 1 is 1.25 bits per heavy atom. The van der Waals surface area contributed by atoms with Crippen LogP contribution >= 0.6 is 0 Å². The normalized spacial score (nSPS) is 11.0. The van der Waals surface area contributed by atoms with Gasteiger partial charge in [-0.2, -0.15) is 0 Å². The molecule has 0 amide bonds. The Kier molecular flexibility index (Phi) is 1.67.